The van der Waals surface area contributed by atoms with E-state index >= 15 is 0 Å². The fourth-order valence-corrected chi connectivity index (χ4v) is 2.21. The molecular formula is C11H15BrClNO2. The van der Waals surface area contributed by atoms with Gasteiger partial charge in [0.15, 0.2) is 0 Å². The topological polar surface area (TPSA) is 52.5 Å². The summed E-state index contributed by atoms with van der Waals surface area (Å²) in [6.45, 7) is 4.07. The summed E-state index contributed by atoms with van der Waals surface area (Å²) in [5, 5.41) is 22.4. The molecular weight excluding hydrogens is 293 g/mol. The monoisotopic (exact) mass is 307 g/mol. The molecule has 2 atom stereocenters. The minimum Gasteiger partial charge on any atom is -0.506 e. The molecule has 1 rings (SSSR count). The summed E-state index contributed by atoms with van der Waals surface area (Å²) < 4.78 is 0.816. The second kappa shape index (κ2) is 5.87. The average Bonchev–Trinajstić information content (AvgIpc) is 2.19. The van der Waals surface area contributed by atoms with E-state index in [0.717, 1.165) is 4.47 Å². The third-order valence-corrected chi connectivity index (χ3v) is 2.99. The second-order valence-corrected chi connectivity index (χ2v) is 5.13. The molecule has 0 radical (unpaired) electrons. The van der Waals surface area contributed by atoms with Gasteiger partial charge in [-0.15, -0.1) is 0 Å². The van der Waals surface area contributed by atoms with Crippen molar-refractivity contribution in [3.63, 3.8) is 0 Å². The maximum atomic E-state index is 9.80. The van der Waals surface area contributed by atoms with Gasteiger partial charge in [-0.25, -0.2) is 0 Å². The molecule has 0 aliphatic carbocycles. The largest absolute Gasteiger partial charge is 0.506 e. The van der Waals surface area contributed by atoms with E-state index in [4.69, 9.17) is 16.7 Å². The van der Waals surface area contributed by atoms with Crippen molar-refractivity contribution >= 4 is 27.5 Å². The van der Waals surface area contributed by atoms with Crippen LogP contribution in [0.1, 0.15) is 25.5 Å². The van der Waals surface area contributed by atoms with Crippen LogP contribution in [-0.4, -0.2) is 22.9 Å². The predicted octanol–water partition coefficient (Wildman–Crippen LogP) is 2.84. The molecule has 0 saturated carbocycles. The van der Waals surface area contributed by atoms with Crippen LogP contribution >= 0.6 is 27.5 Å². The summed E-state index contributed by atoms with van der Waals surface area (Å²) >= 11 is 9.19. The lowest BCUT2D eigenvalue weighted by Crippen LogP contribution is -2.27. The fourth-order valence-electron chi connectivity index (χ4n) is 1.37. The first-order valence-electron chi connectivity index (χ1n) is 5.01. The number of halogens is 2. The van der Waals surface area contributed by atoms with E-state index in [9.17, 15) is 5.11 Å². The minimum absolute atomic E-state index is 0.0791. The van der Waals surface area contributed by atoms with Crippen LogP contribution in [0.4, 0.5) is 0 Å². The van der Waals surface area contributed by atoms with Crippen molar-refractivity contribution in [3.8, 4) is 5.75 Å². The molecule has 0 bridgehead atoms. The number of phenolic OH excluding ortho intramolecular Hbond substituents is 1. The van der Waals surface area contributed by atoms with Crippen molar-refractivity contribution in [1.82, 2.24) is 5.32 Å². The Morgan fingerprint density at radius 2 is 2.06 bits per heavy atom. The van der Waals surface area contributed by atoms with Crippen LogP contribution in [0.3, 0.4) is 0 Å². The Balaban J connectivity index is 2.86. The zero-order chi connectivity index (χ0) is 12.3. The van der Waals surface area contributed by atoms with Crippen molar-refractivity contribution < 1.29 is 10.2 Å². The molecule has 0 fully saturated rings. The summed E-state index contributed by atoms with van der Waals surface area (Å²) in [7, 11) is 0. The Hall–Kier alpha value is -0.290. The van der Waals surface area contributed by atoms with E-state index in [-0.39, 0.29) is 11.8 Å². The molecule has 0 saturated heterocycles. The average molecular weight is 309 g/mol. The highest BCUT2D eigenvalue weighted by atomic mass is 79.9. The first kappa shape index (κ1) is 13.8. The lowest BCUT2D eigenvalue weighted by molar-refractivity contribution is 0.187. The highest BCUT2D eigenvalue weighted by Gasteiger charge is 2.14. The van der Waals surface area contributed by atoms with E-state index in [2.05, 4.69) is 21.2 Å². The number of hydrogen-bond acceptors (Lipinski definition) is 3. The quantitative estimate of drug-likeness (QED) is 0.802. The molecule has 90 valence electrons. The zero-order valence-electron chi connectivity index (χ0n) is 9.17. The van der Waals surface area contributed by atoms with Crippen LogP contribution in [0.5, 0.6) is 5.75 Å². The van der Waals surface area contributed by atoms with Crippen molar-refractivity contribution in [3.05, 3.63) is 27.2 Å². The second-order valence-electron chi connectivity index (χ2n) is 3.80. The van der Waals surface area contributed by atoms with E-state index in [1.165, 1.54) is 0 Å². The Bertz CT molecular complexity index is 371. The molecule has 0 spiro atoms. The lowest BCUT2D eigenvalue weighted by Gasteiger charge is -2.17. The maximum Gasteiger partial charge on any atom is 0.139 e. The van der Waals surface area contributed by atoms with Gasteiger partial charge in [-0.2, -0.15) is 0 Å². The Kier molecular flexibility index (Phi) is 5.05. The van der Waals surface area contributed by atoms with Crippen molar-refractivity contribution in [2.45, 2.75) is 26.0 Å². The Morgan fingerprint density at radius 1 is 1.44 bits per heavy atom. The molecule has 16 heavy (non-hydrogen) atoms. The number of benzene rings is 1. The summed E-state index contributed by atoms with van der Waals surface area (Å²) in [5.74, 6) is 0.0791. The number of hydrogen-bond donors (Lipinski definition) is 3. The molecule has 1 unspecified atom stereocenters. The van der Waals surface area contributed by atoms with Crippen LogP contribution in [-0.2, 0) is 0 Å². The van der Waals surface area contributed by atoms with Crippen molar-refractivity contribution in [2.24, 2.45) is 0 Å². The zero-order valence-corrected chi connectivity index (χ0v) is 11.5. The van der Waals surface area contributed by atoms with E-state index < -0.39 is 6.10 Å². The fraction of sp³-hybridized carbons (Fsp3) is 0.455. The molecule has 0 amide bonds. The van der Waals surface area contributed by atoms with E-state index in [1.807, 2.05) is 6.92 Å². The molecule has 0 aliphatic heterocycles. The molecule has 3 N–H and O–H groups in total. The van der Waals surface area contributed by atoms with Gasteiger partial charge in [0.1, 0.15) is 5.75 Å². The van der Waals surface area contributed by atoms with Gasteiger partial charge < -0.3 is 15.5 Å². The van der Waals surface area contributed by atoms with Crippen LogP contribution in [0.15, 0.2) is 16.6 Å². The van der Waals surface area contributed by atoms with E-state index in [1.54, 1.807) is 19.1 Å². The summed E-state index contributed by atoms with van der Waals surface area (Å²) in [4.78, 5) is 0. The lowest BCUT2D eigenvalue weighted by atomic mass is 10.1. The smallest absolute Gasteiger partial charge is 0.139 e. The standard InChI is InChI=1S/C11H15BrClNO2/c1-6(15)5-14-7(2)9-3-8(12)4-10(13)11(9)16/h3-4,6-7,14-16H,5H2,1-2H3/t6-,7?/m0/s1. The predicted molar refractivity (Wildman–Crippen MR) is 68.9 cm³/mol. The molecule has 0 aliphatic rings. The molecule has 1 aromatic carbocycles. The van der Waals surface area contributed by atoms with E-state index in [0.29, 0.717) is 17.1 Å². The number of nitrogens with one attached hydrogen (secondary N) is 1. The van der Waals surface area contributed by atoms with Gasteiger partial charge in [0.2, 0.25) is 0 Å². The van der Waals surface area contributed by atoms with Gasteiger partial charge in [0.25, 0.3) is 0 Å². The third kappa shape index (κ3) is 3.63. The number of phenols is 1. The van der Waals surface area contributed by atoms with Gasteiger partial charge in [0, 0.05) is 22.6 Å². The molecule has 0 aromatic heterocycles. The number of rotatable bonds is 4. The number of aliphatic hydroxyl groups is 1. The molecule has 1 aromatic rings. The molecule has 5 heteroatoms. The highest BCUT2D eigenvalue weighted by molar-refractivity contribution is 9.10. The van der Waals surface area contributed by atoms with Gasteiger partial charge in [0.05, 0.1) is 11.1 Å². The first-order chi connectivity index (χ1) is 7.41. The number of aromatic hydroxyl groups is 1. The summed E-state index contributed by atoms with van der Waals surface area (Å²) in [6.07, 6.45) is -0.424. The maximum absolute atomic E-state index is 9.80. The Morgan fingerprint density at radius 3 is 2.62 bits per heavy atom. The minimum atomic E-state index is -0.424. The first-order valence-corrected chi connectivity index (χ1v) is 6.18. The van der Waals surface area contributed by atoms with Crippen LogP contribution in [0.2, 0.25) is 5.02 Å². The van der Waals surface area contributed by atoms with Gasteiger partial charge >= 0.3 is 0 Å². The SMILES string of the molecule is CC(NC[C@H](C)O)c1cc(Br)cc(Cl)c1O. The summed E-state index contributed by atoms with van der Waals surface area (Å²) in [5.41, 5.74) is 0.708. The van der Waals surface area contributed by atoms with Gasteiger partial charge in [-0.05, 0) is 26.0 Å². The molecule has 3 nitrogen and oxygen atoms in total. The van der Waals surface area contributed by atoms with Crippen LogP contribution in [0.25, 0.3) is 0 Å². The van der Waals surface area contributed by atoms with Gasteiger partial charge in [-0.3, -0.25) is 0 Å². The van der Waals surface area contributed by atoms with Crippen molar-refractivity contribution in [1.29, 1.82) is 0 Å². The molecule has 0 heterocycles. The van der Waals surface area contributed by atoms with Gasteiger partial charge in [-0.1, -0.05) is 27.5 Å². The normalized spacial score (nSPS) is 14.8. The van der Waals surface area contributed by atoms with Crippen molar-refractivity contribution in [2.75, 3.05) is 6.54 Å². The summed E-state index contributed by atoms with van der Waals surface area (Å²) in [6, 6.07) is 3.37. The Labute approximate surface area is 109 Å². The third-order valence-electron chi connectivity index (χ3n) is 2.24. The highest BCUT2D eigenvalue weighted by Crippen LogP contribution is 2.34. The van der Waals surface area contributed by atoms with Crippen LogP contribution in [0, 0.1) is 0 Å². The van der Waals surface area contributed by atoms with Crippen LogP contribution < -0.4 is 5.32 Å². The number of aliphatic hydroxyl groups excluding tert-OH is 1.